The molecule has 0 aliphatic carbocycles. The number of nitrogens with zero attached hydrogens (tertiary/aromatic N) is 1. The summed E-state index contributed by atoms with van der Waals surface area (Å²) in [6, 6.07) is 7.75. The number of morpholine rings is 1. The van der Waals surface area contributed by atoms with Gasteiger partial charge in [-0.05, 0) is 24.3 Å². The van der Waals surface area contributed by atoms with E-state index in [-0.39, 0.29) is 23.6 Å². The molecular weight excluding hydrogens is 408 g/mol. The number of carbonyl (C=O) groups excluding carboxylic acids is 1. The van der Waals surface area contributed by atoms with Crippen molar-refractivity contribution in [1.29, 1.82) is 0 Å². The zero-order chi connectivity index (χ0) is 22.0. The van der Waals surface area contributed by atoms with Gasteiger partial charge in [-0.1, -0.05) is 0 Å². The van der Waals surface area contributed by atoms with Crippen molar-refractivity contribution in [2.24, 2.45) is 0 Å². The Bertz CT molecular complexity index is 1170. The van der Waals surface area contributed by atoms with Crippen molar-refractivity contribution in [2.75, 3.05) is 41.8 Å². The first-order valence-corrected chi connectivity index (χ1v) is 9.80. The van der Waals surface area contributed by atoms with Crippen LogP contribution >= 0.6 is 0 Å². The number of hydrogen-bond acceptors (Lipinski definition) is 6. The quantitative estimate of drug-likeness (QED) is 0.646. The van der Waals surface area contributed by atoms with Gasteiger partial charge in [-0.25, -0.2) is 8.78 Å². The Hall–Kier alpha value is -3.46. The van der Waals surface area contributed by atoms with Crippen LogP contribution in [0.15, 0.2) is 45.6 Å². The van der Waals surface area contributed by atoms with E-state index in [4.69, 9.17) is 9.15 Å². The molecule has 4 rings (SSSR count). The lowest BCUT2D eigenvalue weighted by molar-refractivity contribution is -0.114. The molecule has 2 heterocycles. The summed E-state index contributed by atoms with van der Waals surface area (Å²) in [5, 5.41) is 5.91. The molecule has 9 heteroatoms. The van der Waals surface area contributed by atoms with E-state index in [1.165, 1.54) is 13.0 Å². The van der Waals surface area contributed by atoms with Crippen LogP contribution in [0, 0.1) is 11.6 Å². The Morgan fingerprint density at radius 3 is 2.42 bits per heavy atom. The van der Waals surface area contributed by atoms with E-state index in [0.717, 1.165) is 18.2 Å². The smallest absolute Gasteiger partial charge is 0.221 e. The molecule has 3 aromatic rings. The van der Waals surface area contributed by atoms with Gasteiger partial charge in [0.2, 0.25) is 5.91 Å². The molecule has 1 aliphatic rings. The van der Waals surface area contributed by atoms with Gasteiger partial charge in [0, 0.05) is 55.6 Å². The van der Waals surface area contributed by atoms with Crippen LogP contribution in [0.3, 0.4) is 0 Å². The molecule has 162 valence electrons. The minimum atomic E-state index is -0.708. The molecule has 31 heavy (non-hydrogen) atoms. The van der Waals surface area contributed by atoms with Crippen molar-refractivity contribution in [3.8, 4) is 0 Å². The monoisotopic (exact) mass is 429 g/mol. The maximum atomic E-state index is 13.5. The molecule has 1 aromatic heterocycles. The van der Waals surface area contributed by atoms with Gasteiger partial charge >= 0.3 is 0 Å². The van der Waals surface area contributed by atoms with Crippen LogP contribution in [0.2, 0.25) is 0 Å². The fourth-order valence-corrected chi connectivity index (χ4v) is 3.52. The number of hydrogen-bond donors (Lipinski definition) is 2. The Morgan fingerprint density at radius 2 is 1.74 bits per heavy atom. The van der Waals surface area contributed by atoms with E-state index in [2.05, 4.69) is 10.6 Å². The minimum absolute atomic E-state index is 0.113. The highest BCUT2D eigenvalue weighted by atomic mass is 19.1. The van der Waals surface area contributed by atoms with Crippen molar-refractivity contribution in [2.45, 2.75) is 13.5 Å². The number of benzene rings is 2. The van der Waals surface area contributed by atoms with Gasteiger partial charge in [0.05, 0.1) is 18.6 Å². The van der Waals surface area contributed by atoms with Gasteiger partial charge in [-0.2, -0.15) is 0 Å². The van der Waals surface area contributed by atoms with Crippen molar-refractivity contribution in [1.82, 2.24) is 0 Å². The molecule has 2 aromatic carbocycles. The lowest BCUT2D eigenvalue weighted by atomic mass is 10.1. The average Bonchev–Trinajstić information content (AvgIpc) is 2.72. The van der Waals surface area contributed by atoms with Crippen molar-refractivity contribution in [3.05, 3.63) is 63.8 Å². The number of anilines is 3. The van der Waals surface area contributed by atoms with Crippen LogP contribution in [0.5, 0.6) is 0 Å². The highest BCUT2D eigenvalue weighted by Gasteiger charge is 2.18. The fourth-order valence-electron chi connectivity index (χ4n) is 3.52. The second-order valence-corrected chi connectivity index (χ2v) is 7.25. The second-order valence-electron chi connectivity index (χ2n) is 7.25. The van der Waals surface area contributed by atoms with E-state index >= 15 is 0 Å². The number of fused-ring (bicyclic) bond motifs is 1. The van der Waals surface area contributed by atoms with Crippen LogP contribution in [-0.2, 0) is 16.1 Å². The standard InChI is InChI=1S/C22H21F2N3O4/c1-13(28)26-18-6-14(12-25-17-8-15(23)7-16(24)9-17)22-19(10-18)20(29)11-21(31-22)27-2-4-30-5-3-27/h6-11,25H,2-5,12H2,1H3,(H,26,28). The van der Waals surface area contributed by atoms with E-state index in [0.29, 0.717) is 54.4 Å². The van der Waals surface area contributed by atoms with Crippen LogP contribution in [0.4, 0.5) is 26.0 Å². The van der Waals surface area contributed by atoms with Crippen LogP contribution < -0.4 is 21.0 Å². The fraction of sp³-hybridized carbons (Fsp3) is 0.273. The Balaban J connectivity index is 1.76. The van der Waals surface area contributed by atoms with Gasteiger partial charge in [0.1, 0.15) is 17.2 Å². The largest absolute Gasteiger partial charge is 0.440 e. The third kappa shape index (κ3) is 4.83. The predicted molar refractivity (Wildman–Crippen MR) is 114 cm³/mol. The first-order valence-electron chi connectivity index (χ1n) is 9.80. The molecule has 1 saturated heterocycles. The topological polar surface area (TPSA) is 83.8 Å². The number of ether oxygens (including phenoxy) is 1. The van der Waals surface area contributed by atoms with Crippen LogP contribution in [0.1, 0.15) is 12.5 Å². The molecule has 0 saturated carbocycles. The SMILES string of the molecule is CC(=O)Nc1cc(CNc2cc(F)cc(F)c2)c2oc(N3CCOCC3)cc(=O)c2c1. The van der Waals surface area contributed by atoms with E-state index in [9.17, 15) is 18.4 Å². The zero-order valence-electron chi connectivity index (χ0n) is 16.8. The Kier molecular flexibility index (Phi) is 5.85. The number of nitrogens with one attached hydrogen (secondary N) is 2. The predicted octanol–water partition coefficient (Wildman–Crippen LogP) is 3.48. The van der Waals surface area contributed by atoms with E-state index in [1.54, 1.807) is 12.1 Å². The van der Waals surface area contributed by atoms with Crippen molar-refractivity contribution < 1.29 is 22.7 Å². The van der Waals surface area contributed by atoms with Crippen LogP contribution in [-0.4, -0.2) is 32.2 Å². The highest BCUT2D eigenvalue weighted by molar-refractivity contribution is 5.93. The second kappa shape index (κ2) is 8.73. The average molecular weight is 429 g/mol. The molecule has 0 bridgehead atoms. The minimum Gasteiger partial charge on any atom is -0.440 e. The van der Waals surface area contributed by atoms with Crippen molar-refractivity contribution >= 4 is 34.1 Å². The summed E-state index contributed by atoms with van der Waals surface area (Å²) in [4.78, 5) is 26.3. The summed E-state index contributed by atoms with van der Waals surface area (Å²) < 4.78 is 38.5. The molecule has 0 radical (unpaired) electrons. The maximum Gasteiger partial charge on any atom is 0.221 e. The highest BCUT2D eigenvalue weighted by Crippen LogP contribution is 2.27. The van der Waals surface area contributed by atoms with Gasteiger partial charge in [0.25, 0.3) is 0 Å². The molecule has 1 amide bonds. The molecule has 7 nitrogen and oxygen atoms in total. The number of halogens is 2. The summed E-state index contributed by atoms with van der Waals surface area (Å²) in [5.74, 6) is -1.29. The third-order valence-electron chi connectivity index (χ3n) is 4.88. The Morgan fingerprint density at radius 1 is 1.03 bits per heavy atom. The summed E-state index contributed by atoms with van der Waals surface area (Å²) in [6.45, 7) is 3.72. The van der Waals surface area contributed by atoms with E-state index in [1.807, 2.05) is 4.90 Å². The summed E-state index contributed by atoms with van der Waals surface area (Å²) in [6.07, 6.45) is 0. The molecule has 0 spiro atoms. The lowest BCUT2D eigenvalue weighted by Crippen LogP contribution is -2.36. The molecule has 1 aliphatic heterocycles. The zero-order valence-corrected chi connectivity index (χ0v) is 16.8. The van der Waals surface area contributed by atoms with Gasteiger partial charge in [-0.3, -0.25) is 9.59 Å². The summed E-state index contributed by atoms with van der Waals surface area (Å²) >= 11 is 0. The van der Waals surface area contributed by atoms with Crippen LogP contribution in [0.25, 0.3) is 11.0 Å². The van der Waals surface area contributed by atoms with Gasteiger partial charge in [0.15, 0.2) is 11.3 Å². The van der Waals surface area contributed by atoms with Gasteiger partial charge < -0.3 is 24.7 Å². The maximum absolute atomic E-state index is 13.5. The molecule has 0 unspecified atom stereocenters. The number of amides is 1. The lowest BCUT2D eigenvalue weighted by Gasteiger charge is -2.27. The summed E-state index contributed by atoms with van der Waals surface area (Å²) in [7, 11) is 0. The Labute approximate surface area is 176 Å². The first-order chi connectivity index (χ1) is 14.9. The first kappa shape index (κ1) is 20.8. The molecule has 2 N–H and O–H groups in total. The number of carbonyl (C=O) groups is 1. The molecular formula is C22H21F2N3O4. The van der Waals surface area contributed by atoms with E-state index < -0.39 is 11.6 Å². The number of rotatable bonds is 5. The molecule has 1 fully saturated rings. The normalized spacial score (nSPS) is 14.0. The third-order valence-corrected chi connectivity index (χ3v) is 4.88. The van der Waals surface area contributed by atoms with Gasteiger partial charge in [-0.15, -0.1) is 0 Å². The van der Waals surface area contributed by atoms with Crippen molar-refractivity contribution in [3.63, 3.8) is 0 Å². The summed E-state index contributed by atoms with van der Waals surface area (Å²) in [5.41, 5.74) is 1.30. The molecule has 0 atom stereocenters.